The zero-order valence-corrected chi connectivity index (χ0v) is 24.1. The van der Waals surface area contributed by atoms with Crippen molar-refractivity contribution in [2.75, 3.05) is 45.1 Å². The van der Waals surface area contributed by atoms with Crippen molar-refractivity contribution < 1.29 is 18.0 Å². The van der Waals surface area contributed by atoms with E-state index in [9.17, 15) is 18.0 Å². The first kappa shape index (κ1) is 29.0. The summed E-state index contributed by atoms with van der Waals surface area (Å²) < 4.78 is 28.1. The molecule has 4 rings (SSSR count). The zero-order chi connectivity index (χ0) is 28.2. The number of likely N-dealkylation sites (N-methyl/N-ethyl adjacent to an activating group) is 1. The van der Waals surface area contributed by atoms with Crippen LogP contribution in [0.15, 0.2) is 71.6 Å². The predicted molar refractivity (Wildman–Crippen MR) is 154 cm³/mol. The maximum atomic E-state index is 13.5. The van der Waals surface area contributed by atoms with Gasteiger partial charge in [0.1, 0.15) is 0 Å². The molecule has 2 amide bonds. The maximum Gasteiger partial charge on any atom is 0.253 e. The second-order valence-corrected chi connectivity index (χ2v) is 12.3. The van der Waals surface area contributed by atoms with Crippen molar-refractivity contribution in [3.8, 4) is 0 Å². The van der Waals surface area contributed by atoms with E-state index in [2.05, 4.69) is 10.2 Å². The molecular weight excluding hydrogens is 559 g/mol. The summed E-state index contributed by atoms with van der Waals surface area (Å²) in [7, 11) is -2.01. The molecule has 0 saturated carbocycles. The van der Waals surface area contributed by atoms with E-state index in [-0.39, 0.29) is 17.3 Å². The van der Waals surface area contributed by atoms with Gasteiger partial charge in [0.25, 0.3) is 5.91 Å². The van der Waals surface area contributed by atoms with Crippen LogP contribution < -0.4 is 5.32 Å². The Morgan fingerprint density at radius 2 is 1.56 bits per heavy atom. The Bertz CT molecular complexity index is 1440. The van der Waals surface area contributed by atoms with Crippen molar-refractivity contribution in [1.82, 2.24) is 14.1 Å². The quantitative estimate of drug-likeness (QED) is 0.418. The lowest BCUT2D eigenvalue weighted by atomic mass is 10.1. The monoisotopic (exact) mass is 588 g/mol. The zero-order valence-electron chi connectivity index (χ0n) is 21.7. The van der Waals surface area contributed by atoms with Crippen LogP contribution >= 0.6 is 23.2 Å². The molecule has 0 aromatic heterocycles. The van der Waals surface area contributed by atoms with E-state index >= 15 is 0 Å². The summed E-state index contributed by atoms with van der Waals surface area (Å²) >= 11 is 12.3. The molecular formula is C28H30Cl2N4O4S. The van der Waals surface area contributed by atoms with Crippen LogP contribution in [0.1, 0.15) is 21.5 Å². The highest BCUT2D eigenvalue weighted by Crippen LogP contribution is 2.25. The maximum absolute atomic E-state index is 13.5. The van der Waals surface area contributed by atoms with Crippen LogP contribution in [0.2, 0.25) is 10.0 Å². The summed E-state index contributed by atoms with van der Waals surface area (Å²) in [5, 5.41) is 3.45. The Labute approximate surface area is 239 Å². The molecule has 11 heteroatoms. The summed E-state index contributed by atoms with van der Waals surface area (Å²) in [6, 6.07) is 17.8. The molecule has 3 aromatic rings. The van der Waals surface area contributed by atoms with Gasteiger partial charge in [-0.3, -0.25) is 9.59 Å². The fraction of sp³-hybridized carbons (Fsp3) is 0.286. The van der Waals surface area contributed by atoms with Crippen molar-refractivity contribution in [2.24, 2.45) is 0 Å². The van der Waals surface area contributed by atoms with Crippen LogP contribution in [-0.4, -0.2) is 74.1 Å². The Morgan fingerprint density at radius 1 is 0.923 bits per heavy atom. The molecule has 0 atom stereocenters. The van der Waals surface area contributed by atoms with Crippen molar-refractivity contribution in [1.29, 1.82) is 0 Å². The van der Waals surface area contributed by atoms with Crippen LogP contribution in [0.25, 0.3) is 0 Å². The molecule has 1 heterocycles. The highest BCUT2D eigenvalue weighted by molar-refractivity contribution is 7.89. The third kappa shape index (κ3) is 7.38. The molecule has 3 aromatic carbocycles. The molecule has 0 unspecified atom stereocenters. The van der Waals surface area contributed by atoms with Gasteiger partial charge in [-0.05, 0) is 68.1 Å². The highest BCUT2D eigenvalue weighted by atomic mass is 35.5. The normalized spacial score (nSPS) is 14.4. The molecule has 0 aliphatic carbocycles. The van der Waals surface area contributed by atoms with Crippen LogP contribution in [0.5, 0.6) is 0 Å². The summed E-state index contributed by atoms with van der Waals surface area (Å²) in [5.41, 5.74) is 2.40. The van der Waals surface area contributed by atoms with Gasteiger partial charge in [-0.15, -0.1) is 0 Å². The van der Waals surface area contributed by atoms with Crippen LogP contribution in [0.3, 0.4) is 0 Å². The lowest BCUT2D eigenvalue weighted by Crippen LogP contribution is -2.47. The first-order chi connectivity index (χ1) is 18.5. The molecule has 0 radical (unpaired) electrons. The first-order valence-corrected chi connectivity index (χ1v) is 14.6. The second kappa shape index (κ2) is 12.5. The topological polar surface area (TPSA) is 90.0 Å². The Balaban J connectivity index is 1.49. The number of halogens is 2. The molecule has 0 bridgehead atoms. The van der Waals surface area contributed by atoms with Gasteiger partial charge in [0.2, 0.25) is 15.9 Å². The summed E-state index contributed by atoms with van der Waals surface area (Å²) in [5.74, 6) is -0.592. The van der Waals surface area contributed by atoms with Crippen molar-refractivity contribution in [2.45, 2.75) is 18.4 Å². The van der Waals surface area contributed by atoms with E-state index in [1.807, 2.05) is 18.9 Å². The van der Waals surface area contributed by atoms with Gasteiger partial charge in [0.15, 0.2) is 0 Å². The van der Waals surface area contributed by atoms with Gasteiger partial charge < -0.3 is 15.1 Å². The van der Waals surface area contributed by atoms with Crippen molar-refractivity contribution >= 4 is 50.7 Å². The molecule has 206 valence electrons. The number of aryl methyl sites for hydroxylation is 1. The van der Waals surface area contributed by atoms with E-state index in [0.29, 0.717) is 39.9 Å². The van der Waals surface area contributed by atoms with Gasteiger partial charge in [0, 0.05) is 54.0 Å². The van der Waals surface area contributed by atoms with Gasteiger partial charge in [-0.1, -0.05) is 47.0 Å². The van der Waals surface area contributed by atoms with Crippen LogP contribution in [0, 0.1) is 6.92 Å². The van der Waals surface area contributed by atoms with Crippen LogP contribution in [-0.2, 0) is 21.4 Å². The summed E-state index contributed by atoms with van der Waals surface area (Å²) in [6.45, 7) is 4.26. The average molecular weight is 590 g/mol. The number of hydrogen-bond acceptors (Lipinski definition) is 5. The number of hydrogen-bond donors (Lipinski definition) is 1. The largest absolute Gasteiger partial charge is 0.336 e. The third-order valence-electron chi connectivity index (χ3n) is 6.55. The number of anilines is 1. The van der Waals surface area contributed by atoms with Gasteiger partial charge in [0.05, 0.1) is 11.4 Å². The third-order valence-corrected chi connectivity index (χ3v) is 8.94. The Morgan fingerprint density at radius 3 is 2.18 bits per heavy atom. The molecule has 1 saturated heterocycles. The minimum Gasteiger partial charge on any atom is -0.336 e. The minimum atomic E-state index is -4.04. The number of sulfonamides is 1. The second-order valence-electron chi connectivity index (χ2n) is 9.54. The number of rotatable bonds is 8. The number of piperazine rings is 1. The predicted octanol–water partition coefficient (Wildman–Crippen LogP) is 4.52. The van der Waals surface area contributed by atoms with Crippen molar-refractivity contribution in [3.63, 3.8) is 0 Å². The van der Waals surface area contributed by atoms with E-state index in [4.69, 9.17) is 23.2 Å². The van der Waals surface area contributed by atoms with E-state index < -0.39 is 22.5 Å². The average Bonchev–Trinajstić information content (AvgIpc) is 2.90. The fourth-order valence-electron chi connectivity index (χ4n) is 4.17. The van der Waals surface area contributed by atoms with Gasteiger partial charge in [-0.2, -0.15) is 4.31 Å². The molecule has 1 aliphatic rings. The van der Waals surface area contributed by atoms with Gasteiger partial charge in [-0.25, -0.2) is 8.42 Å². The molecule has 8 nitrogen and oxygen atoms in total. The number of amides is 2. The number of carbonyl (C=O) groups is 2. The van der Waals surface area contributed by atoms with E-state index in [1.54, 1.807) is 48.5 Å². The number of benzene rings is 3. The SMILES string of the molecule is Cc1ccc(S(=O)(=O)N(CC(=O)Nc2ccc(C(=O)N3CCN(C)CC3)cc2)Cc2ccc(Cl)cc2Cl)cc1. The molecule has 1 N–H and O–H groups in total. The van der Waals surface area contributed by atoms with E-state index in [1.165, 1.54) is 18.2 Å². The smallest absolute Gasteiger partial charge is 0.253 e. The molecule has 1 aliphatic heterocycles. The van der Waals surface area contributed by atoms with E-state index in [0.717, 1.165) is 23.0 Å². The van der Waals surface area contributed by atoms with Crippen LogP contribution in [0.4, 0.5) is 5.69 Å². The molecule has 39 heavy (non-hydrogen) atoms. The first-order valence-electron chi connectivity index (χ1n) is 12.4. The standard InChI is InChI=1S/C28H30Cl2N4O4S/c1-20-3-11-25(12-4-20)39(37,38)34(18-22-5-8-23(29)17-26(22)30)19-27(35)31-24-9-6-21(7-10-24)28(36)33-15-13-32(2)14-16-33/h3-12,17H,13-16,18-19H2,1-2H3,(H,31,35). The highest BCUT2D eigenvalue weighted by Gasteiger charge is 2.28. The Hall–Kier alpha value is -2.95. The van der Waals surface area contributed by atoms with Gasteiger partial charge >= 0.3 is 0 Å². The lowest BCUT2D eigenvalue weighted by molar-refractivity contribution is -0.116. The lowest BCUT2D eigenvalue weighted by Gasteiger charge is -2.32. The molecule has 0 spiro atoms. The fourth-order valence-corrected chi connectivity index (χ4v) is 6.02. The summed E-state index contributed by atoms with van der Waals surface area (Å²) in [4.78, 5) is 29.9. The number of carbonyl (C=O) groups excluding carboxylic acids is 2. The number of nitrogens with zero attached hydrogens (tertiary/aromatic N) is 3. The number of nitrogens with one attached hydrogen (secondary N) is 1. The minimum absolute atomic E-state index is 0.0591. The van der Waals surface area contributed by atoms with Crippen molar-refractivity contribution in [3.05, 3.63) is 93.5 Å². The Kier molecular flexibility index (Phi) is 9.30. The molecule has 1 fully saturated rings. The summed E-state index contributed by atoms with van der Waals surface area (Å²) in [6.07, 6.45) is 0.